The first-order chi connectivity index (χ1) is 9.31. The molecule has 104 valence electrons. The Morgan fingerprint density at radius 2 is 2.26 bits per heavy atom. The lowest BCUT2D eigenvalue weighted by atomic mass is 10.1. The second-order valence-corrected chi connectivity index (χ2v) is 4.80. The van der Waals surface area contributed by atoms with Gasteiger partial charge in [-0.25, -0.2) is 0 Å². The summed E-state index contributed by atoms with van der Waals surface area (Å²) < 4.78 is 5.50. The maximum atomic E-state index is 12.3. The van der Waals surface area contributed by atoms with Crippen molar-refractivity contribution in [1.29, 1.82) is 0 Å². The second-order valence-electron chi connectivity index (χ2n) is 4.80. The minimum Gasteiger partial charge on any atom is -0.493 e. The summed E-state index contributed by atoms with van der Waals surface area (Å²) in [4.78, 5) is 12.3. The summed E-state index contributed by atoms with van der Waals surface area (Å²) >= 11 is 0. The van der Waals surface area contributed by atoms with Gasteiger partial charge in [-0.15, -0.1) is 0 Å². The number of carbonyl (C=O) groups excluding carboxylic acids is 1. The van der Waals surface area contributed by atoms with E-state index in [1.54, 1.807) is 0 Å². The highest BCUT2D eigenvalue weighted by Crippen LogP contribution is 2.18. The summed E-state index contributed by atoms with van der Waals surface area (Å²) in [5, 5.41) is 6.44. The number of ether oxygens (including phenoxy) is 1. The summed E-state index contributed by atoms with van der Waals surface area (Å²) in [6, 6.07) is 7.61. The molecule has 1 saturated heterocycles. The summed E-state index contributed by atoms with van der Waals surface area (Å²) in [6.07, 6.45) is 3.38. The van der Waals surface area contributed by atoms with E-state index in [0.717, 1.165) is 25.9 Å². The number of nitrogens with one attached hydrogen (secondary N) is 2. The predicted molar refractivity (Wildman–Crippen MR) is 75.6 cm³/mol. The molecule has 2 rings (SSSR count). The summed E-state index contributed by atoms with van der Waals surface area (Å²) in [6.45, 7) is 4.38. The molecule has 1 heterocycles. The maximum Gasteiger partial charge on any atom is 0.255 e. The van der Waals surface area contributed by atoms with Crippen LogP contribution in [-0.2, 0) is 0 Å². The number of amides is 1. The largest absolute Gasteiger partial charge is 0.493 e. The molecule has 1 atom stereocenters. The average molecular weight is 262 g/mol. The van der Waals surface area contributed by atoms with Crippen LogP contribution < -0.4 is 15.4 Å². The Labute approximate surface area is 114 Å². The van der Waals surface area contributed by atoms with Crippen molar-refractivity contribution in [1.82, 2.24) is 10.6 Å². The molecule has 1 aromatic carbocycles. The van der Waals surface area contributed by atoms with E-state index in [1.807, 2.05) is 31.2 Å². The van der Waals surface area contributed by atoms with Gasteiger partial charge in [0.15, 0.2) is 0 Å². The smallest absolute Gasteiger partial charge is 0.255 e. The van der Waals surface area contributed by atoms with E-state index in [0.29, 0.717) is 17.9 Å². The second kappa shape index (κ2) is 7.14. The van der Waals surface area contributed by atoms with Crippen molar-refractivity contribution >= 4 is 5.91 Å². The lowest BCUT2D eigenvalue weighted by molar-refractivity contribution is 0.0931. The molecule has 1 aliphatic heterocycles. The Kier molecular flexibility index (Phi) is 5.21. The fraction of sp³-hybridized carbons (Fsp3) is 0.533. The molecule has 0 aliphatic carbocycles. The molecule has 1 aliphatic rings. The lowest BCUT2D eigenvalue weighted by Crippen LogP contribution is -2.40. The third-order valence-electron chi connectivity index (χ3n) is 3.31. The first-order valence-electron chi connectivity index (χ1n) is 7.04. The number of hydrogen-bond donors (Lipinski definition) is 2. The summed E-state index contributed by atoms with van der Waals surface area (Å²) in [7, 11) is 0. The van der Waals surface area contributed by atoms with Crippen molar-refractivity contribution in [3.8, 4) is 5.75 Å². The van der Waals surface area contributed by atoms with E-state index >= 15 is 0 Å². The lowest BCUT2D eigenvalue weighted by Gasteiger charge is -2.17. The normalized spacial score (nSPS) is 19.5. The van der Waals surface area contributed by atoms with E-state index in [4.69, 9.17) is 4.74 Å². The Morgan fingerprint density at radius 1 is 1.42 bits per heavy atom. The zero-order chi connectivity index (χ0) is 13.5. The molecule has 1 aromatic rings. The van der Waals surface area contributed by atoms with Crippen LogP contribution in [0.2, 0.25) is 0 Å². The van der Waals surface area contributed by atoms with Crippen LogP contribution in [0, 0.1) is 0 Å². The fourth-order valence-corrected chi connectivity index (χ4v) is 2.34. The van der Waals surface area contributed by atoms with E-state index < -0.39 is 0 Å². The molecule has 4 heteroatoms. The molecule has 4 nitrogen and oxygen atoms in total. The van der Waals surface area contributed by atoms with E-state index in [-0.39, 0.29) is 11.9 Å². The fourth-order valence-electron chi connectivity index (χ4n) is 2.34. The van der Waals surface area contributed by atoms with Crippen LogP contribution in [0.1, 0.15) is 36.5 Å². The van der Waals surface area contributed by atoms with Crippen LogP contribution in [-0.4, -0.2) is 31.6 Å². The Balaban J connectivity index is 2.02. The summed E-state index contributed by atoms with van der Waals surface area (Å²) in [5.41, 5.74) is 0.619. The zero-order valence-corrected chi connectivity index (χ0v) is 11.4. The highest BCUT2D eigenvalue weighted by Gasteiger charge is 2.17. The minimum atomic E-state index is -0.0437. The molecule has 19 heavy (non-hydrogen) atoms. The highest BCUT2D eigenvalue weighted by molar-refractivity contribution is 5.97. The quantitative estimate of drug-likeness (QED) is 0.872. The number of hydrogen-bond acceptors (Lipinski definition) is 3. The first kappa shape index (κ1) is 13.9. The van der Waals surface area contributed by atoms with Gasteiger partial charge in [0.05, 0.1) is 12.2 Å². The van der Waals surface area contributed by atoms with Gasteiger partial charge in [-0.2, -0.15) is 0 Å². The maximum absolute atomic E-state index is 12.3. The number of rotatable bonds is 4. The van der Waals surface area contributed by atoms with Gasteiger partial charge < -0.3 is 15.4 Å². The van der Waals surface area contributed by atoms with Crippen molar-refractivity contribution in [2.24, 2.45) is 0 Å². The molecular formula is C15H22N2O2. The van der Waals surface area contributed by atoms with E-state index in [2.05, 4.69) is 10.6 Å². The van der Waals surface area contributed by atoms with Gasteiger partial charge in [0.1, 0.15) is 5.75 Å². The molecule has 0 saturated carbocycles. The third kappa shape index (κ3) is 3.96. The summed E-state index contributed by atoms with van der Waals surface area (Å²) in [5.74, 6) is 0.613. The van der Waals surface area contributed by atoms with Gasteiger partial charge in [-0.1, -0.05) is 18.6 Å². The van der Waals surface area contributed by atoms with Gasteiger partial charge in [-0.3, -0.25) is 4.79 Å². The Morgan fingerprint density at radius 3 is 3.11 bits per heavy atom. The molecule has 1 fully saturated rings. The van der Waals surface area contributed by atoms with Crippen LogP contribution in [0.5, 0.6) is 5.75 Å². The molecule has 0 spiro atoms. The SMILES string of the molecule is CCOc1ccccc1C(=O)NC1CCCCNC1. The number of benzene rings is 1. The highest BCUT2D eigenvalue weighted by atomic mass is 16.5. The number of carbonyl (C=O) groups is 1. The van der Waals surface area contributed by atoms with Crippen LogP contribution in [0.4, 0.5) is 0 Å². The molecule has 0 bridgehead atoms. The van der Waals surface area contributed by atoms with Crippen LogP contribution in [0.3, 0.4) is 0 Å². The van der Waals surface area contributed by atoms with Crippen molar-refractivity contribution in [3.05, 3.63) is 29.8 Å². The average Bonchev–Trinajstić information content (AvgIpc) is 2.68. The van der Waals surface area contributed by atoms with E-state index in [1.165, 1.54) is 6.42 Å². The first-order valence-corrected chi connectivity index (χ1v) is 7.04. The molecule has 0 aromatic heterocycles. The van der Waals surface area contributed by atoms with Gasteiger partial charge in [0.25, 0.3) is 5.91 Å². The van der Waals surface area contributed by atoms with Crippen LogP contribution in [0.25, 0.3) is 0 Å². The van der Waals surface area contributed by atoms with Crippen molar-refractivity contribution < 1.29 is 9.53 Å². The molecular weight excluding hydrogens is 240 g/mol. The van der Waals surface area contributed by atoms with Crippen molar-refractivity contribution in [2.45, 2.75) is 32.2 Å². The van der Waals surface area contributed by atoms with Gasteiger partial charge in [-0.05, 0) is 38.4 Å². The molecule has 1 unspecified atom stereocenters. The van der Waals surface area contributed by atoms with Crippen LogP contribution in [0.15, 0.2) is 24.3 Å². The van der Waals surface area contributed by atoms with Crippen molar-refractivity contribution in [3.63, 3.8) is 0 Å². The minimum absolute atomic E-state index is 0.0437. The standard InChI is InChI=1S/C15H22N2O2/c1-2-19-14-9-4-3-8-13(14)15(18)17-12-7-5-6-10-16-11-12/h3-4,8-9,12,16H,2,5-7,10-11H2,1H3,(H,17,18). The zero-order valence-electron chi connectivity index (χ0n) is 11.4. The third-order valence-corrected chi connectivity index (χ3v) is 3.31. The molecule has 0 radical (unpaired) electrons. The Hall–Kier alpha value is -1.55. The van der Waals surface area contributed by atoms with Crippen LogP contribution >= 0.6 is 0 Å². The van der Waals surface area contributed by atoms with Gasteiger partial charge in [0, 0.05) is 12.6 Å². The topological polar surface area (TPSA) is 50.4 Å². The molecule has 1 amide bonds. The van der Waals surface area contributed by atoms with Gasteiger partial charge in [0.2, 0.25) is 0 Å². The Bertz CT molecular complexity index is 412. The predicted octanol–water partition coefficient (Wildman–Crippen LogP) is 1.96. The number of para-hydroxylation sites is 1. The van der Waals surface area contributed by atoms with Crippen molar-refractivity contribution in [2.75, 3.05) is 19.7 Å². The van der Waals surface area contributed by atoms with Gasteiger partial charge >= 0.3 is 0 Å². The van der Waals surface area contributed by atoms with E-state index in [9.17, 15) is 4.79 Å². The monoisotopic (exact) mass is 262 g/mol. The molecule has 2 N–H and O–H groups in total.